The number of nitrogens with one attached hydrogen (secondary N) is 1. The van der Waals surface area contributed by atoms with Gasteiger partial charge in [0.1, 0.15) is 6.04 Å². The predicted octanol–water partition coefficient (Wildman–Crippen LogP) is 3.03. The maximum absolute atomic E-state index is 13.4. The zero-order chi connectivity index (χ0) is 19.1. The van der Waals surface area contributed by atoms with Gasteiger partial charge < -0.3 is 4.57 Å². The average Bonchev–Trinajstić information content (AvgIpc) is 3.02. The van der Waals surface area contributed by atoms with Crippen LogP contribution in [-0.4, -0.2) is 19.2 Å². The van der Waals surface area contributed by atoms with Crippen molar-refractivity contribution in [3.8, 4) is 0 Å². The molecule has 0 radical (unpaired) electrons. The summed E-state index contributed by atoms with van der Waals surface area (Å²) in [4.78, 5) is 11.5. The van der Waals surface area contributed by atoms with Gasteiger partial charge in [0.05, 0.1) is 4.90 Å². The van der Waals surface area contributed by atoms with Crippen molar-refractivity contribution in [1.82, 2.24) is 9.29 Å². The van der Waals surface area contributed by atoms with E-state index in [1.165, 1.54) is 22.8 Å². The molecule has 1 aromatic carbocycles. The largest absolute Gasteiger partial charge is 0.408 e. The monoisotopic (exact) mass is 406 g/mol. The van der Waals surface area contributed by atoms with Gasteiger partial charge in [0.15, 0.2) is 0 Å². The van der Waals surface area contributed by atoms with Crippen LogP contribution in [0.15, 0.2) is 46.1 Å². The second-order valence-electron chi connectivity index (χ2n) is 5.92. The molecule has 0 bridgehead atoms. The highest BCUT2D eigenvalue weighted by Gasteiger charge is 2.43. The Morgan fingerprint density at radius 1 is 1.15 bits per heavy atom. The van der Waals surface area contributed by atoms with Crippen LogP contribution in [-0.2, 0) is 23.0 Å². The molecule has 2 aromatic rings. The molecule has 1 N–H and O–H groups in total. The highest BCUT2D eigenvalue weighted by atomic mass is 35.5. The van der Waals surface area contributed by atoms with Crippen molar-refractivity contribution in [3.63, 3.8) is 0 Å². The fourth-order valence-electron chi connectivity index (χ4n) is 2.86. The molecule has 1 aromatic heterocycles. The maximum atomic E-state index is 13.4. The van der Waals surface area contributed by atoms with Crippen molar-refractivity contribution in [3.05, 3.63) is 63.0 Å². The van der Waals surface area contributed by atoms with Gasteiger partial charge in [-0.3, -0.25) is 4.79 Å². The number of nitrogens with zero attached hydrogens (tertiary/aromatic N) is 1. The minimum absolute atomic E-state index is 0.226. The average molecular weight is 407 g/mol. The Bertz CT molecular complexity index is 985. The summed E-state index contributed by atoms with van der Waals surface area (Å²) in [7, 11) is -4.56. The van der Waals surface area contributed by atoms with Crippen LogP contribution < -0.4 is 10.3 Å². The summed E-state index contributed by atoms with van der Waals surface area (Å²) in [5.74, 6) is 0. The lowest BCUT2D eigenvalue weighted by atomic mass is 10.1. The van der Waals surface area contributed by atoms with Crippen molar-refractivity contribution >= 4 is 21.6 Å². The van der Waals surface area contributed by atoms with Gasteiger partial charge in [-0.1, -0.05) is 23.7 Å². The molecule has 26 heavy (non-hydrogen) atoms. The highest BCUT2D eigenvalue weighted by molar-refractivity contribution is 7.89. The molecule has 1 atom stereocenters. The molecule has 10 heteroatoms. The highest BCUT2D eigenvalue weighted by Crippen LogP contribution is 2.34. The Morgan fingerprint density at radius 3 is 2.42 bits per heavy atom. The Hall–Kier alpha value is -1.84. The van der Waals surface area contributed by atoms with Gasteiger partial charge in [-0.05, 0) is 36.6 Å². The zero-order valence-electron chi connectivity index (χ0n) is 13.3. The van der Waals surface area contributed by atoms with Gasteiger partial charge >= 0.3 is 6.18 Å². The fraction of sp³-hybridized carbons (Fsp3) is 0.312. The van der Waals surface area contributed by atoms with Gasteiger partial charge in [0.2, 0.25) is 10.0 Å². The number of benzene rings is 1. The Labute approximate surface area is 152 Å². The Balaban J connectivity index is 1.99. The first-order valence-electron chi connectivity index (χ1n) is 7.66. The van der Waals surface area contributed by atoms with E-state index in [2.05, 4.69) is 0 Å². The maximum Gasteiger partial charge on any atom is 0.408 e. The molecule has 0 saturated carbocycles. The van der Waals surface area contributed by atoms with Crippen LogP contribution in [0.5, 0.6) is 0 Å². The molecule has 0 amide bonds. The molecule has 0 unspecified atom stereocenters. The molecule has 0 saturated heterocycles. The van der Waals surface area contributed by atoms with E-state index in [-0.39, 0.29) is 10.6 Å². The topological polar surface area (TPSA) is 68.2 Å². The normalized spacial score (nSPS) is 15.7. The first-order valence-corrected chi connectivity index (χ1v) is 9.52. The molecule has 5 nitrogen and oxygen atoms in total. The van der Waals surface area contributed by atoms with E-state index in [0.29, 0.717) is 25.1 Å². The van der Waals surface area contributed by atoms with Gasteiger partial charge in [-0.25, -0.2) is 8.42 Å². The van der Waals surface area contributed by atoms with E-state index in [9.17, 15) is 26.4 Å². The third-order valence-corrected chi connectivity index (χ3v) is 5.77. The second-order valence-corrected chi connectivity index (χ2v) is 8.07. The summed E-state index contributed by atoms with van der Waals surface area (Å²) in [6, 6.07) is 4.30. The van der Waals surface area contributed by atoms with Crippen LogP contribution in [0.25, 0.3) is 0 Å². The number of aryl methyl sites for hydroxylation is 1. The summed E-state index contributed by atoms with van der Waals surface area (Å²) in [6.45, 7) is 0.470. The molecule has 2 heterocycles. The summed E-state index contributed by atoms with van der Waals surface area (Å²) >= 11 is 5.67. The fourth-order valence-corrected chi connectivity index (χ4v) is 4.25. The third-order valence-electron chi connectivity index (χ3n) is 4.12. The SMILES string of the molecule is O=c1cc(S(=O)(=O)N[C@H](c2ccc(Cl)cc2)C(F)(F)F)cc2n1CCC2. The zero-order valence-corrected chi connectivity index (χ0v) is 14.8. The van der Waals surface area contributed by atoms with Crippen LogP contribution in [0, 0.1) is 0 Å². The molecule has 1 aliphatic heterocycles. The van der Waals surface area contributed by atoms with E-state index >= 15 is 0 Å². The quantitative estimate of drug-likeness (QED) is 0.848. The molecule has 0 fully saturated rings. The summed E-state index contributed by atoms with van der Waals surface area (Å²) in [5.41, 5.74) is -0.355. The smallest absolute Gasteiger partial charge is 0.313 e. The van der Waals surface area contributed by atoms with Gasteiger partial charge in [0.25, 0.3) is 5.56 Å². The number of hydrogen-bond acceptors (Lipinski definition) is 3. The molecular weight excluding hydrogens is 393 g/mol. The lowest BCUT2D eigenvalue weighted by Crippen LogP contribution is -2.38. The first kappa shape index (κ1) is 18.9. The standard InChI is InChI=1S/C16H14ClF3N2O3S/c17-11-5-3-10(4-6-11)15(16(18,19)20)21-26(24,25)13-8-12-2-1-7-22(12)14(23)9-13/h3-6,8-9,15,21H,1-2,7H2/t15-/m1/s1. The molecule has 0 aliphatic carbocycles. The first-order chi connectivity index (χ1) is 12.1. The number of aromatic nitrogens is 1. The van der Waals surface area contributed by atoms with Crippen LogP contribution in [0.4, 0.5) is 13.2 Å². The number of halogens is 4. The van der Waals surface area contributed by atoms with Crippen molar-refractivity contribution in [1.29, 1.82) is 0 Å². The third kappa shape index (κ3) is 3.79. The van der Waals surface area contributed by atoms with Gasteiger partial charge in [0, 0.05) is 23.3 Å². The minimum atomic E-state index is -4.87. The molecule has 0 spiro atoms. The van der Waals surface area contributed by atoms with Crippen molar-refractivity contribution in [2.24, 2.45) is 0 Å². The predicted molar refractivity (Wildman–Crippen MR) is 89.6 cm³/mol. The molecule has 1 aliphatic rings. The van der Waals surface area contributed by atoms with Gasteiger partial charge in [-0.2, -0.15) is 17.9 Å². The Morgan fingerprint density at radius 2 is 1.81 bits per heavy atom. The van der Waals surface area contributed by atoms with E-state index in [0.717, 1.165) is 18.2 Å². The number of pyridine rings is 1. The second kappa shape index (κ2) is 6.71. The summed E-state index contributed by atoms with van der Waals surface area (Å²) < 4.78 is 68.3. The number of sulfonamides is 1. The summed E-state index contributed by atoms with van der Waals surface area (Å²) in [5, 5.41) is 0.226. The lowest BCUT2D eigenvalue weighted by molar-refractivity contribution is -0.153. The van der Waals surface area contributed by atoms with Crippen LogP contribution in [0.3, 0.4) is 0 Å². The number of fused-ring (bicyclic) bond motifs is 1. The minimum Gasteiger partial charge on any atom is -0.313 e. The number of alkyl halides is 3. The number of rotatable bonds is 4. The van der Waals surface area contributed by atoms with E-state index in [1.807, 2.05) is 0 Å². The van der Waals surface area contributed by atoms with E-state index < -0.39 is 32.7 Å². The molecular formula is C16H14ClF3N2O3S. The van der Waals surface area contributed by atoms with Crippen LogP contribution in [0.2, 0.25) is 5.02 Å². The van der Waals surface area contributed by atoms with Gasteiger partial charge in [-0.15, -0.1) is 0 Å². The van der Waals surface area contributed by atoms with Crippen LogP contribution in [0.1, 0.15) is 23.7 Å². The van der Waals surface area contributed by atoms with Crippen molar-refractivity contribution < 1.29 is 21.6 Å². The molecule has 140 valence electrons. The van der Waals surface area contributed by atoms with Crippen molar-refractivity contribution in [2.75, 3.05) is 0 Å². The molecule has 3 rings (SSSR count). The van der Waals surface area contributed by atoms with E-state index in [1.54, 1.807) is 4.72 Å². The van der Waals surface area contributed by atoms with E-state index in [4.69, 9.17) is 11.6 Å². The lowest BCUT2D eigenvalue weighted by Gasteiger charge is -2.22. The number of hydrogen-bond donors (Lipinski definition) is 1. The van der Waals surface area contributed by atoms with Crippen LogP contribution >= 0.6 is 11.6 Å². The Kier molecular flexibility index (Phi) is 4.89. The van der Waals surface area contributed by atoms with Crippen molar-refractivity contribution in [2.45, 2.75) is 36.5 Å². The summed E-state index contributed by atoms with van der Waals surface area (Å²) in [6.07, 6.45) is -3.69.